The summed E-state index contributed by atoms with van der Waals surface area (Å²) in [4.78, 5) is 26.8. The minimum Gasteiger partial charge on any atom is -0.484 e. The average molecular weight is 368 g/mol. The summed E-state index contributed by atoms with van der Waals surface area (Å²) in [5.74, 6) is 0.303. The van der Waals surface area contributed by atoms with Crippen LogP contribution in [0.15, 0.2) is 54.6 Å². The molecule has 27 heavy (non-hydrogen) atoms. The highest BCUT2D eigenvalue weighted by molar-refractivity contribution is 5.88. The van der Waals surface area contributed by atoms with Crippen molar-refractivity contribution >= 4 is 11.8 Å². The van der Waals surface area contributed by atoms with Gasteiger partial charge >= 0.3 is 0 Å². The zero-order valence-electron chi connectivity index (χ0n) is 16.3. The number of amides is 2. The van der Waals surface area contributed by atoms with Gasteiger partial charge in [-0.3, -0.25) is 9.59 Å². The molecule has 0 aromatic heterocycles. The van der Waals surface area contributed by atoms with Gasteiger partial charge in [-0.05, 0) is 43.0 Å². The SMILES string of the molecule is CC[C@@H](C(=O)NC)N(CCc1ccccc1)C(=O)COc1cccc(C)c1. The third-order valence-electron chi connectivity index (χ3n) is 4.47. The fourth-order valence-electron chi connectivity index (χ4n) is 3.00. The van der Waals surface area contributed by atoms with Crippen molar-refractivity contribution in [3.63, 3.8) is 0 Å². The number of rotatable bonds is 9. The van der Waals surface area contributed by atoms with E-state index in [1.807, 2.05) is 68.4 Å². The number of nitrogens with zero attached hydrogens (tertiary/aromatic N) is 1. The van der Waals surface area contributed by atoms with Crippen LogP contribution >= 0.6 is 0 Å². The van der Waals surface area contributed by atoms with Gasteiger partial charge in [0.1, 0.15) is 11.8 Å². The smallest absolute Gasteiger partial charge is 0.261 e. The summed E-state index contributed by atoms with van der Waals surface area (Å²) in [5.41, 5.74) is 2.19. The monoisotopic (exact) mass is 368 g/mol. The molecule has 0 radical (unpaired) electrons. The van der Waals surface area contributed by atoms with E-state index >= 15 is 0 Å². The predicted octanol–water partition coefficient (Wildman–Crippen LogP) is 2.97. The number of benzene rings is 2. The van der Waals surface area contributed by atoms with Gasteiger partial charge in [0.2, 0.25) is 5.91 Å². The van der Waals surface area contributed by atoms with Crippen molar-refractivity contribution in [3.8, 4) is 5.75 Å². The van der Waals surface area contributed by atoms with E-state index in [1.165, 1.54) is 0 Å². The third-order valence-corrected chi connectivity index (χ3v) is 4.47. The van der Waals surface area contributed by atoms with Crippen molar-refractivity contribution in [2.24, 2.45) is 0 Å². The molecule has 0 aliphatic heterocycles. The van der Waals surface area contributed by atoms with Crippen LogP contribution in [0, 0.1) is 6.92 Å². The molecule has 2 rings (SSSR count). The Morgan fingerprint density at radius 1 is 1.11 bits per heavy atom. The van der Waals surface area contributed by atoms with Crippen LogP contribution in [0.3, 0.4) is 0 Å². The Kier molecular flexibility index (Phi) is 7.86. The molecule has 1 atom stereocenters. The summed E-state index contributed by atoms with van der Waals surface area (Å²) in [5, 5.41) is 2.66. The molecule has 5 heteroatoms. The molecule has 2 amide bonds. The second-order valence-electron chi connectivity index (χ2n) is 6.47. The highest BCUT2D eigenvalue weighted by Crippen LogP contribution is 2.14. The van der Waals surface area contributed by atoms with Crippen LogP contribution in [-0.4, -0.2) is 43.0 Å². The van der Waals surface area contributed by atoms with Crippen molar-refractivity contribution in [1.82, 2.24) is 10.2 Å². The Bertz CT molecular complexity index is 746. The molecular weight excluding hydrogens is 340 g/mol. The van der Waals surface area contributed by atoms with Crippen LogP contribution in [0.4, 0.5) is 0 Å². The van der Waals surface area contributed by atoms with E-state index in [0.29, 0.717) is 25.1 Å². The van der Waals surface area contributed by atoms with Crippen molar-refractivity contribution in [2.75, 3.05) is 20.2 Å². The number of carbonyl (C=O) groups excluding carboxylic acids is 2. The average Bonchev–Trinajstić information content (AvgIpc) is 2.69. The van der Waals surface area contributed by atoms with E-state index in [2.05, 4.69) is 5.32 Å². The lowest BCUT2D eigenvalue weighted by atomic mass is 10.1. The molecule has 144 valence electrons. The normalized spacial score (nSPS) is 11.5. The molecule has 0 fully saturated rings. The molecular formula is C22H28N2O3. The molecule has 0 aliphatic rings. The first-order chi connectivity index (χ1) is 13.0. The first-order valence-corrected chi connectivity index (χ1v) is 9.29. The Hall–Kier alpha value is -2.82. The molecule has 2 aromatic rings. The molecule has 0 saturated heterocycles. The van der Waals surface area contributed by atoms with Gasteiger partial charge in [-0.2, -0.15) is 0 Å². The van der Waals surface area contributed by atoms with Gasteiger partial charge in [-0.1, -0.05) is 49.4 Å². The maximum absolute atomic E-state index is 12.9. The van der Waals surface area contributed by atoms with Gasteiger partial charge in [-0.25, -0.2) is 0 Å². The fraction of sp³-hybridized carbons (Fsp3) is 0.364. The summed E-state index contributed by atoms with van der Waals surface area (Å²) in [6.45, 7) is 4.25. The van der Waals surface area contributed by atoms with Crippen LogP contribution in [-0.2, 0) is 16.0 Å². The van der Waals surface area contributed by atoms with Gasteiger partial charge < -0.3 is 15.0 Å². The topological polar surface area (TPSA) is 58.6 Å². The number of likely N-dealkylation sites (N-methyl/N-ethyl adjacent to an activating group) is 1. The molecule has 0 bridgehead atoms. The molecule has 1 N–H and O–H groups in total. The van der Waals surface area contributed by atoms with E-state index in [0.717, 1.165) is 11.1 Å². The predicted molar refractivity (Wildman–Crippen MR) is 107 cm³/mol. The number of hydrogen-bond donors (Lipinski definition) is 1. The van der Waals surface area contributed by atoms with Gasteiger partial charge in [0.25, 0.3) is 5.91 Å². The van der Waals surface area contributed by atoms with Gasteiger partial charge in [0.15, 0.2) is 6.61 Å². The Morgan fingerprint density at radius 3 is 2.48 bits per heavy atom. The molecule has 2 aromatic carbocycles. The fourth-order valence-corrected chi connectivity index (χ4v) is 3.00. The highest BCUT2D eigenvalue weighted by atomic mass is 16.5. The Balaban J connectivity index is 2.09. The van der Waals surface area contributed by atoms with Crippen LogP contribution in [0.2, 0.25) is 0 Å². The van der Waals surface area contributed by atoms with E-state index in [1.54, 1.807) is 11.9 Å². The third kappa shape index (κ3) is 6.13. The molecule has 5 nitrogen and oxygen atoms in total. The van der Waals surface area contributed by atoms with E-state index < -0.39 is 6.04 Å². The van der Waals surface area contributed by atoms with Crippen LogP contribution in [0.25, 0.3) is 0 Å². The minimum atomic E-state index is -0.507. The Morgan fingerprint density at radius 2 is 1.85 bits per heavy atom. The molecule has 0 saturated carbocycles. The van der Waals surface area contributed by atoms with Crippen LogP contribution in [0.5, 0.6) is 5.75 Å². The summed E-state index contributed by atoms with van der Waals surface area (Å²) in [6, 6.07) is 17.0. The lowest BCUT2D eigenvalue weighted by Gasteiger charge is -2.30. The Labute approximate surface area is 161 Å². The number of aryl methyl sites for hydroxylation is 1. The number of carbonyl (C=O) groups is 2. The standard InChI is InChI=1S/C22H28N2O3/c1-4-20(22(26)23-3)24(14-13-18-10-6-5-7-11-18)21(25)16-27-19-12-8-9-17(2)15-19/h5-12,15,20H,4,13-14,16H2,1-3H3,(H,23,26)/t20-/m0/s1. The van der Waals surface area contributed by atoms with Crippen LogP contribution in [0.1, 0.15) is 24.5 Å². The quantitative estimate of drug-likeness (QED) is 0.740. The van der Waals surface area contributed by atoms with Crippen molar-refractivity contribution < 1.29 is 14.3 Å². The van der Waals surface area contributed by atoms with E-state index in [4.69, 9.17) is 4.74 Å². The van der Waals surface area contributed by atoms with E-state index in [-0.39, 0.29) is 18.4 Å². The zero-order valence-corrected chi connectivity index (χ0v) is 16.3. The summed E-state index contributed by atoms with van der Waals surface area (Å²) in [7, 11) is 1.59. The maximum Gasteiger partial charge on any atom is 0.261 e. The van der Waals surface area contributed by atoms with Crippen LogP contribution < -0.4 is 10.1 Å². The largest absolute Gasteiger partial charge is 0.484 e. The molecule has 0 spiro atoms. The second-order valence-corrected chi connectivity index (χ2v) is 6.47. The maximum atomic E-state index is 12.9. The summed E-state index contributed by atoms with van der Waals surface area (Å²) < 4.78 is 5.67. The van der Waals surface area contributed by atoms with Crippen molar-refractivity contribution in [1.29, 1.82) is 0 Å². The summed E-state index contributed by atoms with van der Waals surface area (Å²) in [6.07, 6.45) is 1.23. The minimum absolute atomic E-state index is 0.0915. The van der Waals surface area contributed by atoms with Crippen molar-refractivity contribution in [2.45, 2.75) is 32.7 Å². The molecule has 0 unspecified atom stereocenters. The highest BCUT2D eigenvalue weighted by Gasteiger charge is 2.27. The molecule has 0 aliphatic carbocycles. The number of ether oxygens (including phenoxy) is 1. The second kappa shape index (κ2) is 10.4. The number of nitrogens with one attached hydrogen (secondary N) is 1. The van der Waals surface area contributed by atoms with Gasteiger partial charge in [-0.15, -0.1) is 0 Å². The van der Waals surface area contributed by atoms with Gasteiger partial charge in [0.05, 0.1) is 0 Å². The van der Waals surface area contributed by atoms with E-state index in [9.17, 15) is 9.59 Å². The number of hydrogen-bond acceptors (Lipinski definition) is 3. The first-order valence-electron chi connectivity index (χ1n) is 9.29. The first kappa shape index (κ1) is 20.5. The summed E-state index contributed by atoms with van der Waals surface area (Å²) >= 11 is 0. The lowest BCUT2D eigenvalue weighted by Crippen LogP contribution is -2.50. The zero-order chi connectivity index (χ0) is 19.6. The molecule has 0 heterocycles. The van der Waals surface area contributed by atoms with Gasteiger partial charge in [0, 0.05) is 13.6 Å². The lowest BCUT2D eigenvalue weighted by molar-refractivity contribution is -0.142. The van der Waals surface area contributed by atoms with Crippen molar-refractivity contribution in [3.05, 3.63) is 65.7 Å².